The number of benzene rings is 2. The summed E-state index contributed by atoms with van der Waals surface area (Å²) in [6.45, 7) is 3.70. The fourth-order valence-corrected chi connectivity index (χ4v) is 2.72. The summed E-state index contributed by atoms with van der Waals surface area (Å²) in [5.74, 6) is -1.47. The molecule has 0 aromatic heterocycles. The van der Waals surface area contributed by atoms with E-state index in [1.807, 2.05) is 24.3 Å². The Morgan fingerprint density at radius 1 is 1.24 bits per heavy atom. The highest BCUT2D eigenvalue weighted by Gasteiger charge is 2.16. The van der Waals surface area contributed by atoms with Crippen molar-refractivity contribution in [1.82, 2.24) is 0 Å². The van der Waals surface area contributed by atoms with Gasteiger partial charge in [-0.05, 0) is 58.1 Å². The molecule has 0 fully saturated rings. The molecule has 2 rings (SSSR count). The van der Waals surface area contributed by atoms with Gasteiger partial charge < -0.3 is 10.1 Å². The first-order valence-electron chi connectivity index (χ1n) is 7.93. The molecule has 1 N–H and O–H groups in total. The highest BCUT2D eigenvalue weighted by atomic mass is 79.9. The fourth-order valence-electron chi connectivity index (χ4n) is 2.31. The van der Waals surface area contributed by atoms with Crippen LogP contribution in [0.25, 0.3) is 0 Å². The topological polar surface area (TPSA) is 55.4 Å². The fraction of sp³-hybridized carbons (Fsp3) is 0.263. The highest BCUT2D eigenvalue weighted by Crippen LogP contribution is 2.26. The molecule has 0 saturated carbocycles. The molecule has 0 bridgehead atoms. The third kappa shape index (κ3) is 5.13. The van der Waals surface area contributed by atoms with Gasteiger partial charge in [0.05, 0.1) is 5.56 Å². The molecule has 0 aliphatic rings. The van der Waals surface area contributed by atoms with E-state index < -0.39 is 24.3 Å². The average molecular weight is 408 g/mol. The predicted molar refractivity (Wildman–Crippen MR) is 98.2 cm³/mol. The zero-order chi connectivity index (χ0) is 18.4. The molecule has 0 radical (unpaired) electrons. The lowest BCUT2D eigenvalue weighted by Crippen LogP contribution is -2.22. The number of amides is 1. The number of rotatable bonds is 6. The van der Waals surface area contributed by atoms with Gasteiger partial charge in [0.2, 0.25) is 0 Å². The van der Waals surface area contributed by atoms with Crippen molar-refractivity contribution < 1.29 is 18.7 Å². The highest BCUT2D eigenvalue weighted by molar-refractivity contribution is 9.10. The summed E-state index contributed by atoms with van der Waals surface area (Å²) in [4.78, 5) is 24.1. The van der Waals surface area contributed by atoms with Crippen LogP contribution in [0.1, 0.15) is 42.1 Å². The Labute approximate surface area is 154 Å². The van der Waals surface area contributed by atoms with Crippen LogP contribution in [0.15, 0.2) is 46.9 Å². The summed E-state index contributed by atoms with van der Waals surface area (Å²) < 4.78 is 18.6. The third-order valence-corrected chi connectivity index (χ3v) is 4.55. The molecule has 25 heavy (non-hydrogen) atoms. The number of para-hydroxylation sites is 1. The Morgan fingerprint density at radius 3 is 2.68 bits per heavy atom. The van der Waals surface area contributed by atoms with E-state index in [0.717, 1.165) is 18.1 Å². The van der Waals surface area contributed by atoms with Crippen LogP contribution in [-0.4, -0.2) is 18.5 Å². The lowest BCUT2D eigenvalue weighted by atomic mass is 9.97. The van der Waals surface area contributed by atoms with E-state index in [-0.39, 0.29) is 5.56 Å². The molecule has 1 atom stereocenters. The molecule has 4 nitrogen and oxygen atoms in total. The number of anilines is 1. The van der Waals surface area contributed by atoms with Gasteiger partial charge >= 0.3 is 5.97 Å². The number of halogens is 2. The summed E-state index contributed by atoms with van der Waals surface area (Å²) in [5, 5.41) is 2.76. The summed E-state index contributed by atoms with van der Waals surface area (Å²) in [5.41, 5.74) is 1.76. The quantitative estimate of drug-likeness (QED) is 0.692. The van der Waals surface area contributed by atoms with Crippen molar-refractivity contribution in [2.24, 2.45) is 0 Å². The maximum atomic E-state index is 13.2. The summed E-state index contributed by atoms with van der Waals surface area (Å²) in [6.07, 6.45) is 0.940. The largest absolute Gasteiger partial charge is 0.452 e. The van der Waals surface area contributed by atoms with Crippen molar-refractivity contribution in [1.29, 1.82) is 0 Å². The molecule has 2 aromatic carbocycles. The molecular weight excluding hydrogens is 389 g/mol. The zero-order valence-electron chi connectivity index (χ0n) is 14.0. The smallest absolute Gasteiger partial charge is 0.339 e. The molecule has 1 amide bonds. The van der Waals surface area contributed by atoms with Crippen LogP contribution in [0.2, 0.25) is 0 Å². The van der Waals surface area contributed by atoms with Crippen LogP contribution >= 0.6 is 15.9 Å². The molecule has 2 aromatic rings. The van der Waals surface area contributed by atoms with Crippen LogP contribution < -0.4 is 5.32 Å². The van der Waals surface area contributed by atoms with Crippen LogP contribution in [-0.2, 0) is 9.53 Å². The summed E-state index contributed by atoms with van der Waals surface area (Å²) >= 11 is 3.16. The Kier molecular flexibility index (Phi) is 6.70. The van der Waals surface area contributed by atoms with E-state index in [1.165, 1.54) is 12.1 Å². The molecule has 6 heteroatoms. The van der Waals surface area contributed by atoms with E-state index in [1.54, 1.807) is 0 Å². The Morgan fingerprint density at radius 2 is 1.96 bits per heavy atom. The van der Waals surface area contributed by atoms with Crippen molar-refractivity contribution in [3.63, 3.8) is 0 Å². The van der Waals surface area contributed by atoms with Gasteiger partial charge in [-0.25, -0.2) is 9.18 Å². The van der Waals surface area contributed by atoms with E-state index in [2.05, 4.69) is 35.1 Å². The second-order valence-electron chi connectivity index (χ2n) is 5.65. The number of carbonyl (C=O) groups is 2. The molecule has 132 valence electrons. The summed E-state index contributed by atoms with van der Waals surface area (Å²) in [7, 11) is 0. The number of ether oxygens (including phenoxy) is 1. The van der Waals surface area contributed by atoms with Crippen molar-refractivity contribution in [2.75, 3.05) is 11.9 Å². The van der Waals surface area contributed by atoms with Crippen molar-refractivity contribution in [2.45, 2.75) is 26.2 Å². The molecule has 0 aliphatic heterocycles. The number of nitrogens with one attached hydrogen (secondary N) is 1. The van der Waals surface area contributed by atoms with E-state index >= 15 is 0 Å². The van der Waals surface area contributed by atoms with E-state index in [0.29, 0.717) is 16.1 Å². The second kappa shape index (κ2) is 8.76. The van der Waals surface area contributed by atoms with Crippen molar-refractivity contribution in [3.8, 4) is 0 Å². The monoisotopic (exact) mass is 407 g/mol. The van der Waals surface area contributed by atoms with E-state index in [4.69, 9.17) is 4.74 Å². The Hall–Kier alpha value is -2.21. The van der Waals surface area contributed by atoms with Crippen LogP contribution in [0.3, 0.4) is 0 Å². The molecule has 0 spiro atoms. The maximum Gasteiger partial charge on any atom is 0.339 e. The first kappa shape index (κ1) is 19.1. The van der Waals surface area contributed by atoms with Gasteiger partial charge in [0.15, 0.2) is 6.61 Å². The number of hydrogen-bond donors (Lipinski definition) is 1. The van der Waals surface area contributed by atoms with Gasteiger partial charge in [0.1, 0.15) is 5.82 Å². The normalized spacial score (nSPS) is 11.7. The molecule has 0 saturated heterocycles. The molecule has 0 unspecified atom stereocenters. The zero-order valence-corrected chi connectivity index (χ0v) is 15.6. The number of hydrogen-bond acceptors (Lipinski definition) is 3. The van der Waals surface area contributed by atoms with Gasteiger partial charge in [-0.1, -0.05) is 32.0 Å². The predicted octanol–water partition coefficient (Wildman–Crippen LogP) is 4.90. The van der Waals surface area contributed by atoms with Gasteiger partial charge in [-0.2, -0.15) is 0 Å². The second-order valence-corrected chi connectivity index (χ2v) is 6.50. The number of carbonyl (C=O) groups excluding carboxylic acids is 2. The van der Waals surface area contributed by atoms with Crippen molar-refractivity contribution >= 4 is 33.5 Å². The standard InChI is InChI=1S/C19H19BrFNO3/c1-3-12(2)14-6-4-5-7-17(14)22-18(23)11-25-19(24)15-10-13(21)8-9-16(15)20/h4-10,12H,3,11H2,1-2H3,(H,22,23)/t12-/m0/s1. The first-order chi connectivity index (χ1) is 11.9. The summed E-state index contributed by atoms with van der Waals surface area (Å²) in [6, 6.07) is 11.2. The van der Waals surface area contributed by atoms with Crippen LogP contribution in [0.4, 0.5) is 10.1 Å². The minimum Gasteiger partial charge on any atom is -0.452 e. The maximum absolute atomic E-state index is 13.2. The van der Waals surface area contributed by atoms with Crippen LogP contribution in [0, 0.1) is 5.82 Å². The van der Waals surface area contributed by atoms with Crippen LogP contribution in [0.5, 0.6) is 0 Å². The van der Waals surface area contributed by atoms with Gasteiger partial charge in [-0.15, -0.1) is 0 Å². The SMILES string of the molecule is CC[C@H](C)c1ccccc1NC(=O)COC(=O)c1cc(F)ccc1Br. The molecule has 0 heterocycles. The minimum absolute atomic E-state index is 0.0350. The number of esters is 1. The first-order valence-corrected chi connectivity index (χ1v) is 8.72. The lowest BCUT2D eigenvalue weighted by Gasteiger charge is -2.15. The van der Waals surface area contributed by atoms with E-state index in [9.17, 15) is 14.0 Å². The van der Waals surface area contributed by atoms with Crippen molar-refractivity contribution in [3.05, 3.63) is 63.9 Å². The minimum atomic E-state index is -0.767. The van der Waals surface area contributed by atoms with Gasteiger partial charge in [0.25, 0.3) is 5.91 Å². The molecular formula is C19H19BrFNO3. The third-order valence-electron chi connectivity index (χ3n) is 3.86. The lowest BCUT2D eigenvalue weighted by molar-refractivity contribution is -0.119. The average Bonchev–Trinajstić information content (AvgIpc) is 2.61. The van der Waals surface area contributed by atoms with Gasteiger partial charge in [-0.3, -0.25) is 4.79 Å². The van der Waals surface area contributed by atoms with Gasteiger partial charge in [0, 0.05) is 10.2 Å². The Bertz CT molecular complexity index is 779. The Balaban J connectivity index is 2.00. The molecule has 0 aliphatic carbocycles.